The summed E-state index contributed by atoms with van der Waals surface area (Å²) in [6.45, 7) is 2.24. The number of thioether (sulfide) groups is 1. The van der Waals surface area contributed by atoms with Gasteiger partial charge in [0.05, 0.1) is 27.4 Å². The third-order valence-electron chi connectivity index (χ3n) is 8.64. The predicted molar refractivity (Wildman–Crippen MR) is 210 cm³/mol. The molecule has 6 N–H and O–H groups in total. The number of carbonyl (C=O) groups is 3. The molecule has 1 aliphatic heterocycles. The second-order valence-corrected chi connectivity index (χ2v) is 19.3. The first kappa shape index (κ1) is 52.4. The molecule has 2 aromatic rings. The number of hydrogen-bond acceptors (Lipinski definition) is 22. The summed E-state index contributed by atoms with van der Waals surface area (Å²) in [5.41, 5.74) is 4.07. The van der Waals surface area contributed by atoms with Crippen LogP contribution in [0.4, 0.5) is 5.82 Å². The van der Waals surface area contributed by atoms with Gasteiger partial charge in [-0.25, -0.2) is 19.3 Å². The van der Waals surface area contributed by atoms with Crippen molar-refractivity contribution in [1.29, 1.82) is 0 Å². The lowest BCUT2D eigenvalue weighted by atomic mass is 9.87. The van der Waals surface area contributed by atoms with E-state index in [1.54, 1.807) is 6.08 Å². The van der Waals surface area contributed by atoms with E-state index in [1.807, 2.05) is 6.08 Å². The van der Waals surface area contributed by atoms with Crippen LogP contribution in [0, 0.1) is 5.41 Å². The Labute approximate surface area is 355 Å². The van der Waals surface area contributed by atoms with Gasteiger partial charge in [0.25, 0.3) is 15.6 Å². The van der Waals surface area contributed by atoms with Gasteiger partial charge >= 0.3 is 0 Å². The van der Waals surface area contributed by atoms with Crippen LogP contribution in [0.5, 0.6) is 0 Å². The summed E-state index contributed by atoms with van der Waals surface area (Å²) < 4.78 is 60.6. The quantitative estimate of drug-likeness (QED) is 0.0329. The molecular formula is C33H50N7O17P3S-4. The Bertz CT molecular complexity index is 1980. The lowest BCUT2D eigenvalue weighted by molar-refractivity contribution is -0.347. The highest BCUT2D eigenvalue weighted by atomic mass is 32.2. The fourth-order valence-electron chi connectivity index (χ4n) is 5.45. The highest BCUT2D eigenvalue weighted by Crippen LogP contribution is 2.56. The lowest BCUT2D eigenvalue weighted by Gasteiger charge is -2.36. The maximum absolute atomic E-state index is 12.6. The van der Waals surface area contributed by atoms with Crippen LogP contribution >= 0.6 is 35.2 Å². The molecule has 0 bridgehead atoms. The Kier molecular flexibility index (Phi) is 20.8. The molecule has 1 saturated heterocycles. The molecule has 0 spiro atoms. The number of ether oxygens (including phenoxy) is 1. The lowest BCUT2D eigenvalue weighted by Crippen LogP contribution is -2.46. The highest BCUT2D eigenvalue weighted by molar-refractivity contribution is 8.14. The van der Waals surface area contributed by atoms with Crippen LogP contribution in [0.3, 0.4) is 0 Å². The summed E-state index contributed by atoms with van der Waals surface area (Å²) in [7, 11) is -17.6. The van der Waals surface area contributed by atoms with E-state index < -0.39 is 84.6 Å². The molecule has 7 atom stereocenters. The third kappa shape index (κ3) is 18.0. The van der Waals surface area contributed by atoms with Gasteiger partial charge in [0.15, 0.2) is 17.7 Å². The van der Waals surface area contributed by atoms with Crippen molar-refractivity contribution in [2.45, 2.75) is 96.4 Å². The fourth-order valence-corrected chi connectivity index (χ4v) is 8.79. The summed E-state index contributed by atoms with van der Waals surface area (Å²) in [4.78, 5) is 96.3. The van der Waals surface area contributed by atoms with Gasteiger partial charge in [-0.15, -0.1) is 0 Å². The van der Waals surface area contributed by atoms with Gasteiger partial charge in [0, 0.05) is 30.7 Å². The Morgan fingerprint density at radius 3 is 2.46 bits per heavy atom. The van der Waals surface area contributed by atoms with Crippen LogP contribution in [0.1, 0.15) is 71.9 Å². The minimum atomic E-state index is -5.92. The Morgan fingerprint density at radius 2 is 1.75 bits per heavy atom. The van der Waals surface area contributed by atoms with Crippen LogP contribution in [0.15, 0.2) is 37.0 Å². The zero-order valence-electron chi connectivity index (χ0n) is 33.5. The SMILES string of the molecule is CCCCCC/C=C/C/C=C/C(=O)SCCNC(=O)CCNC(=O)[C@H](O)C(C)(C)COP(=O)([O-])OP(=O)([O-])OC[C@H]1O[C@@H](n2cnc3c(N)ncnc32)[C@H](O)[C@@H]1OP(=O)([O-])[O-]. The number of phosphoric ester groups is 3. The van der Waals surface area contributed by atoms with Crippen molar-refractivity contribution in [2.24, 2.45) is 5.41 Å². The van der Waals surface area contributed by atoms with Crippen LogP contribution in [0.2, 0.25) is 0 Å². The fraction of sp³-hybridized carbons (Fsp3) is 0.636. The van der Waals surface area contributed by atoms with E-state index in [1.165, 1.54) is 39.2 Å². The van der Waals surface area contributed by atoms with Crippen molar-refractivity contribution in [3.05, 3.63) is 37.0 Å². The molecule has 28 heteroatoms. The molecule has 24 nitrogen and oxygen atoms in total. The van der Waals surface area contributed by atoms with Gasteiger partial charge in [-0.05, 0) is 25.3 Å². The largest absolute Gasteiger partial charge is 0.790 e. The molecule has 3 rings (SSSR count). The van der Waals surface area contributed by atoms with E-state index in [0.717, 1.165) is 41.8 Å². The third-order valence-corrected chi connectivity index (χ3v) is 12.5. The highest BCUT2D eigenvalue weighted by Gasteiger charge is 2.47. The first-order chi connectivity index (χ1) is 28.6. The zero-order valence-corrected chi connectivity index (χ0v) is 37.0. The number of nitrogens with two attached hydrogens (primary N) is 1. The number of aromatic nitrogens is 4. The summed E-state index contributed by atoms with van der Waals surface area (Å²) >= 11 is 1.03. The van der Waals surface area contributed by atoms with E-state index in [-0.39, 0.29) is 41.6 Å². The molecule has 2 aromatic heterocycles. The van der Waals surface area contributed by atoms with E-state index >= 15 is 0 Å². The summed E-state index contributed by atoms with van der Waals surface area (Å²) in [5.74, 6) is -1.24. The number of nitrogens with one attached hydrogen (secondary N) is 2. The van der Waals surface area contributed by atoms with Crippen molar-refractivity contribution in [1.82, 2.24) is 30.2 Å². The smallest absolute Gasteiger partial charge is 0.274 e. The molecular weight excluding hydrogens is 891 g/mol. The van der Waals surface area contributed by atoms with Crippen molar-refractivity contribution < 1.29 is 80.5 Å². The standard InChI is InChI=1S/C33H54N7O17P3S/c1-4-5-6-7-8-9-10-11-12-13-24(42)61-17-16-35-23(41)14-15-36-31(45)28(44)33(2,3)19-54-60(51,52)57-59(49,50)53-18-22-27(56-58(46,47)48)26(43)32(55-22)40-21-39-25-29(34)37-20-38-30(25)40/h9-10,12-13,20-22,26-28,32,43-44H,4-8,11,14-19H2,1-3H3,(H,35,41)(H,36,45)(H,49,50)(H,51,52)(H2,34,37,38)(H2,46,47,48)/p-4/b10-9+,13-12+/t22-,26-,27-,28+,32-/m1/s1. The Morgan fingerprint density at radius 1 is 1.03 bits per heavy atom. The minimum absolute atomic E-state index is 0.0214. The topological polar surface area (TPSA) is 375 Å². The Hall–Kier alpha value is -2.96. The molecule has 3 heterocycles. The van der Waals surface area contributed by atoms with Gasteiger partial charge in [0.2, 0.25) is 16.9 Å². The number of amides is 2. The molecule has 2 amide bonds. The van der Waals surface area contributed by atoms with Crippen molar-refractivity contribution in [3.63, 3.8) is 0 Å². The molecule has 61 heavy (non-hydrogen) atoms. The van der Waals surface area contributed by atoms with Gasteiger partial charge < -0.3 is 69.0 Å². The molecule has 0 aromatic carbocycles. The second-order valence-electron chi connectivity index (χ2n) is 14.1. The molecule has 1 fully saturated rings. The monoisotopic (exact) mass is 941 g/mol. The second kappa shape index (κ2) is 24.2. The van der Waals surface area contributed by atoms with Crippen molar-refractivity contribution in [3.8, 4) is 0 Å². The van der Waals surface area contributed by atoms with Gasteiger partial charge in [-0.3, -0.25) is 28.1 Å². The van der Waals surface area contributed by atoms with Gasteiger partial charge in [-0.1, -0.05) is 70.0 Å². The van der Waals surface area contributed by atoms with Crippen molar-refractivity contribution >= 4 is 69.1 Å². The molecule has 0 aliphatic carbocycles. The number of unbranched alkanes of at least 4 members (excludes halogenated alkanes) is 4. The van der Waals surface area contributed by atoms with E-state index in [2.05, 4.69) is 56.5 Å². The summed E-state index contributed by atoms with van der Waals surface area (Å²) in [6.07, 6.45) is 6.14. The molecule has 1 aliphatic rings. The number of aliphatic hydroxyl groups is 2. The van der Waals surface area contributed by atoms with Gasteiger partial charge in [-0.2, -0.15) is 0 Å². The molecule has 2 unspecified atom stereocenters. The number of nitrogen functional groups attached to an aromatic ring is 1. The number of aliphatic hydroxyl groups excluding tert-OH is 2. The normalized spacial score (nSPS) is 21.1. The average molecular weight is 942 g/mol. The maximum Gasteiger partial charge on any atom is 0.274 e. The minimum Gasteiger partial charge on any atom is -0.790 e. The molecule has 0 saturated carbocycles. The summed E-state index contributed by atoms with van der Waals surface area (Å²) in [5, 5.41) is 26.1. The van der Waals surface area contributed by atoms with Crippen molar-refractivity contribution in [2.75, 3.05) is 37.8 Å². The number of imidazole rings is 1. The first-order valence-electron chi connectivity index (χ1n) is 18.9. The van der Waals surface area contributed by atoms with Crippen LogP contribution in [-0.2, 0) is 50.7 Å². The zero-order chi connectivity index (χ0) is 45.4. The first-order valence-corrected chi connectivity index (χ1v) is 24.2. The summed E-state index contributed by atoms with van der Waals surface area (Å²) in [6, 6.07) is 0. The number of rotatable bonds is 27. The van der Waals surface area contributed by atoms with Gasteiger partial charge in [0.1, 0.15) is 36.3 Å². The number of carbonyl (C=O) groups excluding carboxylic acids is 3. The van der Waals surface area contributed by atoms with Crippen LogP contribution in [-0.4, -0.2) is 103 Å². The number of anilines is 1. The van der Waals surface area contributed by atoms with E-state index in [4.69, 9.17) is 10.5 Å². The molecule has 0 radical (unpaired) electrons. The van der Waals surface area contributed by atoms with E-state index in [0.29, 0.717) is 12.2 Å². The predicted octanol–water partition coefficient (Wildman–Crippen LogP) is -0.390. The molecule has 344 valence electrons. The number of phosphoric acid groups is 3. The average Bonchev–Trinajstić information content (AvgIpc) is 3.73. The number of nitrogens with zero attached hydrogens (tertiary/aromatic N) is 4. The maximum atomic E-state index is 12.6. The number of hydrogen-bond donors (Lipinski definition) is 5. The number of allylic oxidation sites excluding steroid dienone is 3. The van der Waals surface area contributed by atoms with E-state index in [9.17, 15) is 57.9 Å². The van der Waals surface area contributed by atoms with Crippen LogP contribution in [0.25, 0.3) is 11.2 Å². The van der Waals surface area contributed by atoms with Crippen LogP contribution < -0.4 is 35.9 Å². The Balaban J connectivity index is 1.41. The number of fused-ring (bicyclic) bond motifs is 1.